The number of ether oxygens (including phenoxy) is 1. The summed E-state index contributed by atoms with van der Waals surface area (Å²) < 4.78 is 5.54. The molecule has 0 aliphatic carbocycles. The minimum atomic E-state index is -1.25. The second-order valence-corrected chi connectivity index (χ2v) is 6.94. The minimum absolute atomic E-state index is 0.252. The van der Waals surface area contributed by atoms with Gasteiger partial charge in [-0.2, -0.15) is 0 Å². The molecule has 3 rings (SSSR count). The van der Waals surface area contributed by atoms with Gasteiger partial charge in [0, 0.05) is 0 Å². The monoisotopic (exact) mass is 398 g/mol. The number of carboxylic acids is 1. The average molecular weight is 398 g/mol. The summed E-state index contributed by atoms with van der Waals surface area (Å²) in [5.41, 5.74) is 0.912. The summed E-state index contributed by atoms with van der Waals surface area (Å²) in [6.45, 7) is 2.69. The van der Waals surface area contributed by atoms with Crippen molar-refractivity contribution >= 4 is 40.6 Å². The first kappa shape index (κ1) is 19.5. The van der Waals surface area contributed by atoms with E-state index in [0.29, 0.717) is 22.4 Å². The average Bonchev–Trinajstić information content (AvgIpc) is 3.01. The van der Waals surface area contributed by atoms with Gasteiger partial charge in [0.15, 0.2) is 5.17 Å². The Balaban J connectivity index is 1.76. The standard InChI is InChI=1S/C20H18N2O5S/c1-2-9-27-14-6-3-12(4-7-14)10-17-18(24)22-20(28-17)21-13-5-8-16(23)15(11-13)19(25)26/h3-8,10-11,23H,2,9H2,1H3,(H,25,26)(H,21,22,24)/b17-10-. The molecule has 28 heavy (non-hydrogen) atoms. The Morgan fingerprint density at radius 2 is 2.00 bits per heavy atom. The first-order chi connectivity index (χ1) is 13.5. The van der Waals surface area contributed by atoms with E-state index in [-0.39, 0.29) is 17.2 Å². The Hall–Kier alpha value is -3.26. The molecular formula is C20H18N2O5S. The number of thioether (sulfide) groups is 1. The highest BCUT2D eigenvalue weighted by Gasteiger charge is 2.24. The summed E-state index contributed by atoms with van der Waals surface area (Å²) in [5, 5.41) is 21.6. The predicted molar refractivity (Wildman–Crippen MR) is 108 cm³/mol. The fraction of sp³-hybridized carbons (Fsp3) is 0.150. The lowest BCUT2D eigenvalue weighted by molar-refractivity contribution is -0.115. The summed E-state index contributed by atoms with van der Waals surface area (Å²) >= 11 is 1.15. The zero-order valence-corrected chi connectivity index (χ0v) is 15.8. The van der Waals surface area contributed by atoms with Crippen molar-refractivity contribution in [3.05, 3.63) is 58.5 Å². The Morgan fingerprint density at radius 3 is 2.68 bits per heavy atom. The molecule has 1 heterocycles. The second-order valence-electron chi connectivity index (χ2n) is 5.91. The molecule has 2 aromatic carbocycles. The van der Waals surface area contributed by atoms with E-state index in [4.69, 9.17) is 9.84 Å². The Morgan fingerprint density at radius 1 is 1.25 bits per heavy atom. The van der Waals surface area contributed by atoms with Gasteiger partial charge in [-0.05, 0) is 60.2 Å². The van der Waals surface area contributed by atoms with Crippen LogP contribution in [0.1, 0.15) is 29.3 Å². The Bertz CT molecular complexity index is 967. The van der Waals surface area contributed by atoms with E-state index >= 15 is 0 Å². The van der Waals surface area contributed by atoms with Crippen molar-refractivity contribution in [1.82, 2.24) is 5.32 Å². The number of amidine groups is 1. The number of amides is 1. The normalized spacial score (nSPS) is 16.4. The number of carbonyl (C=O) groups is 2. The largest absolute Gasteiger partial charge is 0.507 e. The van der Waals surface area contributed by atoms with Crippen molar-refractivity contribution in [1.29, 1.82) is 0 Å². The molecule has 1 aliphatic rings. The number of hydrogen-bond acceptors (Lipinski definition) is 6. The van der Waals surface area contributed by atoms with Crippen LogP contribution >= 0.6 is 11.8 Å². The number of aromatic hydroxyl groups is 1. The van der Waals surface area contributed by atoms with Crippen molar-refractivity contribution in [3.8, 4) is 11.5 Å². The van der Waals surface area contributed by atoms with Gasteiger partial charge in [-0.3, -0.25) is 4.79 Å². The summed E-state index contributed by atoms with van der Waals surface area (Å²) in [5.74, 6) is -1.11. The molecule has 3 N–H and O–H groups in total. The van der Waals surface area contributed by atoms with Crippen molar-refractivity contribution < 1.29 is 24.5 Å². The van der Waals surface area contributed by atoms with E-state index in [1.165, 1.54) is 18.2 Å². The Kier molecular flexibility index (Phi) is 6.00. The molecule has 144 valence electrons. The zero-order valence-electron chi connectivity index (χ0n) is 15.0. The predicted octanol–water partition coefficient (Wildman–Crippen LogP) is 3.77. The number of benzene rings is 2. The maximum atomic E-state index is 12.2. The number of carboxylic acid groups (broad SMARTS) is 1. The van der Waals surface area contributed by atoms with Gasteiger partial charge in [0.25, 0.3) is 5.91 Å². The molecule has 0 unspecified atom stereocenters. The van der Waals surface area contributed by atoms with Crippen LogP contribution in [0.25, 0.3) is 6.08 Å². The van der Waals surface area contributed by atoms with Gasteiger partial charge < -0.3 is 20.3 Å². The molecule has 7 nitrogen and oxygen atoms in total. The number of phenols is 1. The van der Waals surface area contributed by atoms with Gasteiger partial charge in [0.05, 0.1) is 17.2 Å². The topological polar surface area (TPSA) is 108 Å². The highest BCUT2D eigenvalue weighted by atomic mass is 32.2. The fourth-order valence-electron chi connectivity index (χ4n) is 2.39. The van der Waals surface area contributed by atoms with Crippen LogP contribution < -0.4 is 10.1 Å². The van der Waals surface area contributed by atoms with Gasteiger partial charge in [-0.25, -0.2) is 9.79 Å². The van der Waals surface area contributed by atoms with Gasteiger partial charge in [0.2, 0.25) is 0 Å². The van der Waals surface area contributed by atoms with Crippen molar-refractivity contribution in [3.63, 3.8) is 0 Å². The lowest BCUT2D eigenvalue weighted by Crippen LogP contribution is -2.19. The number of hydrogen-bond donors (Lipinski definition) is 3. The van der Waals surface area contributed by atoms with Crippen LogP contribution in [0.15, 0.2) is 52.4 Å². The third kappa shape index (κ3) is 4.72. The van der Waals surface area contributed by atoms with Crippen LogP contribution in [-0.2, 0) is 4.79 Å². The molecule has 1 saturated heterocycles. The molecule has 0 aromatic heterocycles. The van der Waals surface area contributed by atoms with E-state index < -0.39 is 5.97 Å². The summed E-state index contributed by atoms with van der Waals surface area (Å²) in [4.78, 5) is 28.0. The maximum absolute atomic E-state index is 12.2. The zero-order chi connectivity index (χ0) is 20.1. The number of rotatable bonds is 6. The Labute approximate surface area is 165 Å². The second kappa shape index (κ2) is 8.62. The molecule has 1 fully saturated rings. The molecule has 0 spiro atoms. The van der Waals surface area contributed by atoms with Gasteiger partial charge in [-0.1, -0.05) is 19.1 Å². The first-order valence-electron chi connectivity index (χ1n) is 8.55. The fourth-order valence-corrected chi connectivity index (χ4v) is 3.24. The quantitative estimate of drug-likeness (QED) is 0.639. The highest BCUT2D eigenvalue weighted by molar-refractivity contribution is 8.18. The summed E-state index contributed by atoms with van der Waals surface area (Å²) in [7, 11) is 0. The van der Waals surface area contributed by atoms with Crippen LogP contribution in [0.4, 0.5) is 5.69 Å². The van der Waals surface area contributed by atoms with Crippen LogP contribution in [0.2, 0.25) is 0 Å². The molecule has 0 radical (unpaired) electrons. The summed E-state index contributed by atoms with van der Waals surface area (Å²) in [6.07, 6.45) is 2.67. The number of nitrogens with one attached hydrogen (secondary N) is 1. The lowest BCUT2D eigenvalue weighted by atomic mass is 10.2. The molecule has 1 aliphatic heterocycles. The van der Waals surface area contributed by atoms with E-state index in [1.54, 1.807) is 6.08 Å². The SMILES string of the molecule is CCCOc1ccc(/C=C2\SC(=Nc3ccc(O)c(C(=O)O)c3)NC2=O)cc1. The van der Waals surface area contributed by atoms with Crippen LogP contribution in [0, 0.1) is 0 Å². The van der Waals surface area contributed by atoms with E-state index in [9.17, 15) is 14.7 Å². The molecule has 1 amide bonds. The first-order valence-corrected chi connectivity index (χ1v) is 9.36. The smallest absolute Gasteiger partial charge is 0.339 e. The van der Waals surface area contributed by atoms with Crippen LogP contribution in [-0.4, -0.2) is 33.9 Å². The van der Waals surface area contributed by atoms with Gasteiger partial charge in [-0.15, -0.1) is 0 Å². The van der Waals surface area contributed by atoms with Gasteiger partial charge in [0.1, 0.15) is 17.1 Å². The number of carbonyl (C=O) groups excluding carboxylic acids is 1. The van der Waals surface area contributed by atoms with Crippen LogP contribution in [0.5, 0.6) is 11.5 Å². The number of nitrogens with zero attached hydrogens (tertiary/aromatic N) is 1. The minimum Gasteiger partial charge on any atom is -0.507 e. The number of aliphatic imine (C=N–C) groups is 1. The lowest BCUT2D eigenvalue weighted by Gasteiger charge is -2.04. The van der Waals surface area contributed by atoms with Crippen LogP contribution in [0.3, 0.4) is 0 Å². The molecule has 8 heteroatoms. The third-order valence-corrected chi connectivity index (χ3v) is 4.65. The van der Waals surface area contributed by atoms with Crippen molar-refractivity contribution in [2.45, 2.75) is 13.3 Å². The summed E-state index contributed by atoms with van der Waals surface area (Å²) in [6, 6.07) is 11.4. The molecule has 0 bridgehead atoms. The molecule has 2 aromatic rings. The van der Waals surface area contributed by atoms with E-state index in [0.717, 1.165) is 29.5 Å². The van der Waals surface area contributed by atoms with Crippen molar-refractivity contribution in [2.75, 3.05) is 6.61 Å². The molecular weight excluding hydrogens is 380 g/mol. The highest BCUT2D eigenvalue weighted by Crippen LogP contribution is 2.30. The molecule has 0 atom stereocenters. The van der Waals surface area contributed by atoms with E-state index in [2.05, 4.69) is 10.3 Å². The van der Waals surface area contributed by atoms with Crippen molar-refractivity contribution in [2.24, 2.45) is 4.99 Å². The molecule has 0 saturated carbocycles. The maximum Gasteiger partial charge on any atom is 0.339 e. The van der Waals surface area contributed by atoms with Gasteiger partial charge >= 0.3 is 5.97 Å². The number of aromatic carboxylic acids is 1. The third-order valence-electron chi connectivity index (χ3n) is 3.74. The van der Waals surface area contributed by atoms with E-state index in [1.807, 2.05) is 31.2 Å².